The molecule has 1 N–H and O–H groups in total. The molecular weight excluding hydrogens is 256 g/mol. The van der Waals surface area contributed by atoms with E-state index < -0.39 is 0 Å². The van der Waals surface area contributed by atoms with Crippen LogP contribution in [0.2, 0.25) is 0 Å². The summed E-state index contributed by atoms with van der Waals surface area (Å²) < 4.78 is 0. The number of hydrogen-bond donors (Lipinski definition) is 1. The van der Waals surface area contributed by atoms with Crippen LogP contribution in [-0.4, -0.2) is 5.71 Å². The molecule has 2 aromatic rings. The van der Waals surface area contributed by atoms with Gasteiger partial charge in [0.2, 0.25) is 0 Å². The van der Waals surface area contributed by atoms with E-state index in [-0.39, 0.29) is 0 Å². The van der Waals surface area contributed by atoms with Crippen molar-refractivity contribution in [3.05, 3.63) is 52.6 Å². The van der Waals surface area contributed by atoms with Crippen LogP contribution in [0.1, 0.15) is 36.1 Å². The molecule has 0 unspecified atom stereocenters. The van der Waals surface area contributed by atoms with Crippen molar-refractivity contribution in [2.45, 2.75) is 41.5 Å². The Morgan fingerprint density at radius 3 is 2.19 bits per heavy atom. The second kappa shape index (κ2) is 6.13. The van der Waals surface area contributed by atoms with Crippen LogP contribution >= 0.6 is 0 Å². The monoisotopic (exact) mass is 280 g/mol. The van der Waals surface area contributed by atoms with Gasteiger partial charge in [-0.3, -0.25) is 4.99 Å². The molecule has 0 aromatic heterocycles. The molecule has 0 saturated carbocycles. The SMILES string of the molecule is CC(C)=Nc1c(C)ccc(C)c1Nc1cccc(C)c1C. The van der Waals surface area contributed by atoms with E-state index in [0.29, 0.717) is 0 Å². The van der Waals surface area contributed by atoms with Gasteiger partial charge in [-0.05, 0) is 69.9 Å². The third kappa shape index (κ3) is 3.33. The fraction of sp³-hybridized carbons (Fsp3) is 0.316. The molecule has 2 rings (SSSR count). The molecule has 110 valence electrons. The van der Waals surface area contributed by atoms with E-state index >= 15 is 0 Å². The Balaban J connectivity index is 2.56. The minimum absolute atomic E-state index is 1.04. The van der Waals surface area contributed by atoms with Crippen LogP contribution in [0.3, 0.4) is 0 Å². The summed E-state index contributed by atoms with van der Waals surface area (Å²) in [4.78, 5) is 4.72. The van der Waals surface area contributed by atoms with Gasteiger partial charge in [-0.1, -0.05) is 24.3 Å². The number of aryl methyl sites for hydroxylation is 3. The Morgan fingerprint density at radius 2 is 1.52 bits per heavy atom. The highest BCUT2D eigenvalue weighted by Crippen LogP contribution is 2.35. The Morgan fingerprint density at radius 1 is 0.857 bits per heavy atom. The molecular formula is C19H24N2. The van der Waals surface area contributed by atoms with Crippen LogP contribution in [0.25, 0.3) is 0 Å². The maximum Gasteiger partial charge on any atom is 0.0895 e. The Hall–Kier alpha value is -2.09. The van der Waals surface area contributed by atoms with Gasteiger partial charge in [0.1, 0.15) is 0 Å². The van der Waals surface area contributed by atoms with Gasteiger partial charge in [-0.25, -0.2) is 0 Å². The van der Waals surface area contributed by atoms with Crippen LogP contribution in [0.4, 0.5) is 17.1 Å². The largest absolute Gasteiger partial charge is 0.353 e. The minimum Gasteiger partial charge on any atom is -0.353 e. The van der Waals surface area contributed by atoms with Crippen molar-refractivity contribution in [1.82, 2.24) is 0 Å². The van der Waals surface area contributed by atoms with E-state index in [1.165, 1.54) is 22.3 Å². The highest BCUT2D eigenvalue weighted by Gasteiger charge is 2.10. The first kappa shape index (κ1) is 15.3. The van der Waals surface area contributed by atoms with Crippen molar-refractivity contribution in [1.29, 1.82) is 0 Å². The summed E-state index contributed by atoms with van der Waals surface area (Å²) in [6.07, 6.45) is 0. The third-order valence-electron chi connectivity index (χ3n) is 3.79. The molecule has 0 saturated heterocycles. The van der Waals surface area contributed by atoms with E-state index in [1.807, 2.05) is 13.8 Å². The second-order valence-corrected chi connectivity index (χ2v) is 5.85. The lowest BCUT2D eigenvalue weighted by atomic mass is 10.0. The van der Waals surface area contributed by atoms with Crippen molar-refractivity contribution in [2.24, 2.45) is 4.99 Å². The molecule has 0 aliphatic carbocycles. The molecule has 2 nitrogen and oxygen atoms in total. The van der Waals surface area contributed by atoms with Crippen LogP contribution in [0, 0.1) is 27.7 Å². The van der Waals surface area contributed by atoms with E-state index in [0.717, 1.165) is 22.8 Å². The van der Waals surface area contributed by atoms with E-state index in [1.54, 1.807) is 0 Å². The fourth-order valence-electron chi connectivity index (χ4n) is 2.34. The normalized spacial score (nSPS) is 10.4. The molecule has 0 fully saturated rings. The molecule has 0 aliphatic heterocycles. The smallest absolute Gasteiger partial charge is 0.0895 e. The zero-order chi connectivity index (χ0) is 15.6. The van der Waals surface area contributed by atoms with Gasteiger partial charge in [0.05, 0.1) is 11.4 Å². The molecule has 2 aromatic carbocycles. The maximum absolute atomic E-state index is 4.72. The summed E-state index contributed by atoms with van der Waals surface area (Å²) in [5.41, 5.74) is 9.32. The van der Waals surface area contributed by atoms with Gasteiger partial charge < -0.3 is 5.32 Å². The minimum atomic E-state index is 1.04. The van der Waals surface area contributed by atoms with Crippen LogP contribution in [0.5, 0.6) is 0 Å². The van der Waals surface area contributed by atoms with Gasteiger partial charge in [-0.2, -0.15) is 0 Å². The summed E-state index contributed by atoms with van der Waals surface area (Å²) in [6.45, 7) is 12.6. The van der Waals surface area contributed by atoms with E-state index in [9.17, 15) is 0 Å². The van der Waals surface area contributed by atoms with Gasteiger partial charge in [-0.15, -0.1) is 0 Å². The average Bonchev–Trinajstić information content (AvgIpc) is 2.42. The summed E-state index contributed by atoms with van der Waals surface area (Å²) >= 11 is 0. The lowest BCUT2D eigenvalue weighted by molar-refractivity contribution is 1.30. The first-order chi connectivity index (χ1) is 9.90. The molecule has 0 radical (unpaired) electrons. The van der Waals surface area contributed by atoms with Gasteiger partial charge in [0.15, 0.2) is 0 Å². The van der Waals surface area contributed by atoms with Gasteiger partial charge >= 0.3 is 0 Å². The number of nitrogens with one attached hydrogen (secondary N) is 1. The molecule has 0 aliphatic rings. The zero-order valence-corrected chi connectivity index (χ0v) is 13.8. The Kier molecular flexibility index (Phi) is 4.46. The van der Waals surface area contributed by atoms with Crippen LogP contribution in [0.15, 0.2) is 35.3 Å². The van der Waals surface area contributed by atoms with Crippen molar-refractivity contribution < 1.29 is 0 Å². The topological polar surface area (TPSA) is 24.4 Å². The highest BCUT2D eigenvalue weighted by molar-refractivity contribution is 5.87. The summed E-state index contributed by atoms with van der Waals surface area (Å²) in [7, 11) is 0. The summed E-state index contributed by atoms with van der Waals surface area (Å²) in [5, 5.41) is 3.59. The molecule has 2 heteroatoms. The number of anilines is 2. The quantitative estimate of drug-likeness (QED) is 0.708. The maximum atomic E-state index is 4.72. The zero-order valence-electron chi connectivity index (χ0n) is 13.8. The predicted octanol–water partition coefficient (Wildman–Crippen LogP) is 5.78. The highest BCUT2D eigenvalue weighted by atomic mass is 14.9. The number of rotatable bonds is 3. The fourth-order valence-corrected chi connectivity index (χ4v) is 2.34. The van der Waals surface area contributed by atoms with Crippen molar-refractivity contribution in [3.8, 4) is 0 Å². The van der Waals surface area contributed by atoms with Crippen molar-refractivity contribution >= 4 is 22.8 Å². The van der Waals surface area contributed by atoms with Crippen molar-refractivity contribution in [2.75, 3.05) is 5.32 Å². The number of nitrogens with zero attached hydrogens (tertiary/aromatic N) is 1. The molecule has 21 heavy (non-hydrogen) atoms. The number of hydrogen-bond acceptors (Lipinski definition) is 2. The third-order valence-corrected chi connectivity index (χ3v) is 3.79. The molecule has 0 atom stereocenters. The van der Waals surface area contributed by atoms with Crippen molar-refractivity contribution in [3.63, 3.8) is 0 Å². The molecule has 0 bridgehead atoms. The standard InChI is InChI=1S/C19H24N2/c1-12(2)20-18-14(4)10-11-15(5)19(18)21-17-9-7-8-13(3)16(17)6/h7-11,21H,1-6H3. The van der Waals surface area contributed by atoms with E-state index in [2.05, 4.69) is 63.3 Å². The lowest BCUT2D eigenvalue weighted by Crippen LogP contribution is -1.99. The Bertz CT molecular complexity index is 693. The average molecular weight is 280 g/mol. The molecule has 0 amide bonds. The number of benzene rings is 2. The summed E-state index contributed by atoms with van der Waals surface area (Å²) in [5.74, 6) is 0. The second-order valence-electron chi connectivity index (χ2n) is 5.85. The van der Waals surface area contributed by atoms with Crippen LogP contribution < -0.4 is 5.32 Å². The lowest BCUT2D eigenvalue weighted by Gasteiger charge is -2.17. The van der Waals surface area contributed by atoms with E-state index in [4.69, 9.17) is 4.99 Å². The first-order valence-electron chi connectivity index (χ1n) is 7.35. The predicted molar refractivity (Wildman–Crippen MR) is 93.6 cm³/mol. The number of aliphatic imine (C=N–C) groups is 1. The summed E-state index contributed by atoms with van der Waals surface area (Å²) in [6, 6.07) is 10.6. The first-order valence-corrected chi connectivity index (χ1v) is 7.35. The van der Waals surface area contributed by atoms with Gasteiger partial charge in [0.25, 0.3) is 0 Å². The van der Waals surface area contributed by atoms with Crippen LogP contribution in [-0.2, 0) is 0 Å². The molecule has 0 heterocycles. The Labute approximate surface area is 127 Å². The van der Waals surface area contributed by atoms with Gasteiger partial charge in [0, 0.05) is 11.4 Å². The molecule has 0 spiro atoms.